The van der Waals surface area contributed by atoms with Crippen LogP contribution in [0, 0.1) is 6.92 Å². The van der Waals surface area contributed by atoms with Crippen molar-refractivity contribution in [3.63, 3.8) is 0 Å². The van der Waals surface area contributed by atoms with Gasteiger partial charge in [0, 0.05) is 16.3 Å². The Hall–Kier alpha value is -2.28. The normalized spacial score (nSPS) is 11.4. The van der Waals surface area contributed by atoms with Crippen molar-refractivity contribution in [3.8, 4) is 0 Å². The molecule has 2 rings (SSSR count). The minimum atomic E-state index is -4.75. The van der Waals surface area contributed by atoms with Crippen LogP contribution in [0.5, 0.6) is 0 Å². The fraction of sp³-hybridized carbons (Fsp3) is 0.294. The van der Waals surface area contributed by atoms with Gasteiger partial charge in [-0.1, -0.05) is 23.7 Å². The molecule has 2 aromatic rings. The summed E-state index contributed by atoms with van der Waals surface area (Å²) in [7, 11) is 0. The zero-order valence-corrected chi connectivity index (χ0v) is 14.2. The quantitative estimate of drug-likeness (QED) is 0.626. The summed E-state index contributed by atoms with van der Waals surface area (Å²) in [5.41, 5.74) is -1.90. The smallest absolute Gasteiger partial charge is 0.418 e. The van der Waals surface area contributed by atoms with Crippen molar-refractivity contribution in [2.45, 2.75) is 26.4 Å². The summed E-state index contributed by atoms with van der Waals surface area (Å²) >= 11 is 5.80. The van der Waals surface area contributed by atoms with E-state index in [1.165, 1.54) is 31.2 Å². The molecule has 25 heavy (non-hydrogen) atoms. The van der Waals surface area contributed by atoms with Crippen LogP contribution in [-0.2, 0) is 22.1 Å². The summed E-state index contributed by atoms with van der Waals surface area (Å²) in [4.78, 5) is 26.6. The van der Waals surface area contributed by atoms with E-state index in [1.54, 1.807) is 6.92 Å². The van der Waals surface area contributed by atoms with Gasteiger partial charge in [0.1, 0.15) is 0 Å². The lowest BCUT2D eigenvalue weighted by molar-refractivity contribution is -0.142. The third-order valence-electron chi connectivity index (χ3n) is 3.58. The Labute approximate surface area is 146 Å². The fourth-order valence-electron chi connectivity index (χ4n) is 2.48. The van der Waals surface area contributed by atoms with Crippen LogP contribution >= 0.6 is 11.6 Å². The molecule has 0 radical (unpaired) electrons. The average Bonchev–Trinajstić information content (AvgIpc) is 2.83. The SMILES string of the molecule is CCOC(=O)Cc1[nH]c(C(=O)c2cccc(Cl)c2)c(C(F)(F)F)c1C. The first kappa shape index (κ1) is 19.1. The number of alkyl halides is 3. The minimum Gasteiger partial charge on any atom is -0.466 e. The van der Waals surface area contributed by atoms with Crippen LogP contribution in [0.1, 0.15) is 39.8 Å². The number of hydrogen-bond donors (Lipinski definition) is 1. The lowest BCUT2D eigenvalue weighted by atomic mass is 10.0. The molecule has 0 saturated carbocycles. The molecule has 0 fully saturated rings. The number of benzene rings is 1. The number of H-pyrrole nitrogens is 1. The largest absolute Gasteiger partial charge is 0.466 e. The number of nitrogens with one attached hydrogen (secondary N) is 1. The monoisotopic (exact) mass is 373 g/mol. The molecule has 0 atom stereocenters. The number of carbonyl (C=O) groups is 2. The molecular weight excluding hydrogens is 359 g/mol. The van der Waals surface area contributed by atoms with E-state index in [4.69, 9.17) is 16.3 Å². The number of aromatic amines is 1. The highest BCUT2D eigenvalue weighted by Crippen LogP contribution is 2.37. The molecule has 1 aromatic carbocycles. The lowest BCUT2D eigenvalue weighted by Gasteiger charge is -2.09. The highest BCUT2D eigenvalue weighted by atomic mass is 35.5. The fourth-order valence-corrected chi connectivity index (χ4v) is 2.67. The molecule has 0 unspecified atom stereocenters. The Balaban J connectivity index is 2.52. The van der Waals surface area contributed by atoms with Crippen molar-refractivity contribution in [1.82, 2.24) is 4.98 Å². The predicted octanol–water partition coefficient (Wildman–Crippen LogP) is 4.33. The Kier molecular flexibility index (Phi) is 5.57. The summed E-state index contributed by atoms with van der Waals surface area (Å²) in [6, 6.07) is 5.63. The van der Waals surface area contributed by atoms with Gasteiger partial charge in [-0.05, 0) is 31.5 Å². The average molecular weight is 374 g/mol. The van der Waals surface area contributed by atoms with Crippen LogP contribution in [0.25, 0.3) is 0 Å². The molecule has 0 bridgehead atoms. The molecule has 0 spiro atoms. The molecule has 4 nitrogen and oxygen atoms in total. The molecule has 134 valence electrons. The molecule has 0 saturated heterocycles. The second-order valence-corrected chi connectivity index (χ2v) is 5.73. The number of halogens is 4. The zero-order valence-electron chi connectivity index (χ0n) is 13.5. The number of esters is 1. The Bertz CT molecular complexity index is 812. The molecule has 8 heteroatoms. The van der Waals surface area contributed by atoms with Crippen LogP contribution in [0.15, 0.2) is 24.3 Å². The van der Waals surface area contributed by atoms with Crippen molar-refractivity contribution in [2.75, 3.05) is 6.61 Å². The number of carbonyl (C=O) groups excluding carboxylic acids is 2. The molecule has 0 aliphatic carbocycles. The molecule has 0 amide bonds. The first-order chi connectivity index (χ1) is 11.6. The Morgan fingerprint density at radius 1 is 1.28 bits per heavy atom. The van der Waals surface area contributed by atoms with Crippen molar-refractivity contribution in [1.29, 1.82) is 0 Å². The zero-order chi connectivity index (χ0) is 18.8. The molecule has 0 aliphatic heterocycles. The van der Waals surface area contributed by atoms with Gasteiger partial charge in [-0.3, -0.25) is 9.59 Å². The Morgan fingerprint density at radius 2 is 1.96 bits per heavy atom. The van der Waals surface area contributed by atoms with Crippen LogP contribution in [0.4, 0.5) is 13.2 Å². The van der Waals surface area contributed by atoms with Gasteiger partial charge in [0.15, 0.2) is 0 Å². The summed E-state index contributed by atoms with van der Waals surface area (Å²) in [6.45, 7) is 2.91. The van der Waals surface area contributed by atoms with Gasteiger partial charge in [0.2, 0.25) is 5.78 Å². The van der Waals surface area contributed by atoms with Gasteiger partial charge in [0.25, 0.3) is 0 Å². The van der Waals surface area contributed by atoms with E-state index in [-0.39, 0.29) is 34.9 Å². The van der Waals surface area contributed by atoms with Gasteiger partial charge in [-0.25, -0.2) is 0 Å². The number of ether oxygens (including phenoxy) is 1. The van der Waals surface area contributed by atoms with E-state index in [0.29, 0.717) is 0 Å². The molecule has 1 heterocycles. The standard InChI is InChI=1S/C17H15ClF3NO3/c1-3-25-13(23)8-12-9(2)14(17(19,20)21)15(22-12)16(24)10-5-4-6-11(18)7-10/h4-7,22H,3,8H2,1-2H3. The van der Waals surface area contributed by atoms with Crippen LogP contribution in [-0.4, -0.2) is 23.3 Å². The molecular formula is C17H15ClF3NO3. The van der Waals surface area contributed by atoms with Gasteiger partial charge in [-0.15, -0.1) is 0 Å². The highest BCUT2D eigenvalue weighted by molar-refractivity contribution is 6.31. The van der Waals surface area contributed by atoms with Crippen molar-refractivity contribution < 1.29 is 27.5 Å². The third-order valence-corrected chi connectivity index (χ3v) is 3.81. The summed E-state index contributed by atoms with van der Waals surface area (Å²) in [6.07, 6.45) is -5.14. The van der Waals surface area contributed by atoms with Crippen LogP contribution in [0.2, 0.25) is 5.02 Å². The topological polar surface area (TPSA) is 59.2 Å². The van der Waals surface area contributed by atoms with Gasteiger partial charge < -0.3 is 9.72 Å². The molecule has 1 N–H and O–H groups in total. The van der Waals surface area contributed by atoms with Gasteiger partial charge in [-0.2, -0.15) is 13.2 Å². The molecule has 1 aromatic heterocycles. The minimum absolute atomic E-state index is 0.00356. The van der Waals surface area contributed by atoms with E-state index in [9.17, 15) is 22.8 Å². The first-order valence-electron chi connectivity index (χ1n) is 7.39. The van der Waals surface area contributed by atoms with Gasteiger partial charge in [0.05, 0.1) is 24.3 Å². The van der Waals surface area contributed by atoms with Crippen molar-refractivity contribution >= 4 is 23.4 Å². The maximum absolute atomic E-state index is 13.4. The first-order valence-corrected chi connectivity index (χ1v) is 7.77. The lowest BCUT2D eigenvalue weighted by Crippen LogP contribution is -2.13. The van der Waals surface area contributed by atoms with E-state index in [2.05, 4.69) is 4.98 Å². The van der Waals surface area contributed by atoms with E-state index < -0.39 is 29.2 Å². The number of hydrogen-bond acceptors (Lipinski definition) is 3. The second-order valence-electron chi connectivity index (χ2n) is 5.30. The summed E-state index contributed by atoms with van der Waals surface area (Å²) < 4.78 is 45.1. The molecule has 0 aliphatic rings. The summed E-state index contributed by atoms with van der Waals surface area (Å²) in [5.74, 6) is -1.53. The Morgan fingerprint density at radius 3 is 2.52 bits per heavy atom. The van der Waals surface area contributed by atoms with Crippen LogP contribution < -0.4 is 0 Å². The predicted molar refractivity (Wildman–Crippen MR) is 85.8 cm³/mol. The highest BCUT2D eigenvalue weighted by Gasteiger charge is 2.40. The maximum Gasteiger partial charge on any atom is 0.418 e. The second kappa shape index (κ2) is 7.31. The summed E-state index contributed by atoms with van der Waals surface area (Å²) in [5, 5.41) is 0.231. The van der Waals surface area contributed by atoms with E-state index in [0.717, 1.165) is 0 Å². The van der Waals surface area contributed by atoms with E-state index >= 15 is 0 Å². The number of rotatable bonds is 5. The van der Waals surface area contributed by atoms with E-state index in [1.807, 2.05) is 0 Å². The van der Waals surface area contributed by atoms with Crippen LogP contribution in [0.3, 0.4) is 0 Å². The number of ketones is 1. The number of aromatic nitrogens is 1. The van der Waals surface area contributed by atoms with Gasteiger partial charge >= 0.3 is 12.1 Å². The third kappa shape index (κ3) is 4.22. The van der Waals surface area contributed by atoms with Crippen molar-refractivity contribution in [2.24, 2.45) is 0 Å². The maximum atomic E-state index is 13.4. The van der Waals surface area contributed by atoms with Crippen molar-refractivity contribution in [3.05, 3.63) is 57.4 Å².